The van der Waals surface area contributed by atoms with Crippen LogP contribution in [0.25, 0.3) is 22.7 Å². The Kier molecular flexibility index (Phi) is 3.93. The second kappa shape index (κ2) is 6.40. The molecule has 2 aromatic carbocycles. The topological polar surface area (TPSA) is 68.0 Å². The predicted octanol–water partition coefficient (Wildman–Crippen LogP) is 4.59. The molecule has 1 N–H and O–H groups in total. The number of amides is 1. The second-order valence-corrected chi connectivity index (χ2v) is 5.81. The largest absolute Gasteiger partial charge is 0.434 e. The highest BCUT2D eigenvalue weighted by Gasteiger charge is 2.14. The molecule has 0 unspecified atom stereocenters. The van der Waals surface area contributed by atoms with Crippen LogP contribution in [0.5, 0.6) is 0 Å². The molecule has 0 atom stereocenters. The van der Waals surface area contributed by atoms with E-state index in [-0.39, 0.29) is 5.56 Å². The highest BCUT2D eigenvalue weighted by molar-refractivity contribution is 6.04. The number of benzene rings is 2. The molecule has 0 spiro atoms. The van der Waals surface area contributed by atoms with E-state index in [1.54, 1.807) is 42.6 Å². The van der Waals surface area contributed by atoms with Crippen LogP contribution in [0.15, 0.2) is 65.2 Å². The molecule has 0 bridgehead atoms. The molecular weight excluding hydrogens is 333 g/mol. The van der Waals surface area contributed by atoms with Gasteiger partial charge in [-0.05, 0) is 55.0 Å². The molecule has 0 saturated heterocycles. The van der Waals surface area contributed by atoms with Gasteiger partial charge in [-0.2, -0.15) is 4.98 Å². The minimum absolute atomic E-state index is 0.000928. The quantitative estimate of drug-likeness (QED) is 0.588. The van der Waals surface area contributed by atoms with Crippen LogP contribution in [-0.4, -0.2) is 15.9 Å². The molecule has 0 fully saturated rings. The van der Waals surface area contributed by atoms with E-state index in [0.29, 0.717) is 22.8 Å². The van der Waals surface area contributed by atoms with E-state index in [9.17, 15) is 9.18 Å². The van der Waals surface area contributed by atoms with Gasteiger partial charge in [-0.1, -0.05) is 12.1 Å². The number of pyridine rings is 1. The summed E-state index contributed by atoms with van der Waals surface area (Å²) in [6, 6.07) is 14.8. The Morgan fingerprint density at radius 2 is 1.96 bits per heavy atom. The van der Waals surface area contributed by atoms with Gasteiger partial charge < -0.3 is 9.73 Å². The van der Waals surface area contributed by atoms with E-state index < -0.39 is 11.7 Å². The molecule has 128 valence electrons. The molecule has 0 aliphatic carbocycles. The SMILES string of the molecule is Cc1cc(-c2nc3ncccc3o2)ccc1NC(=O)c1ccccc1F. The van der Waals surface area contributed by atoms with Crippen molar-refractivity contribution in [1.82, 2.24) is 9.97 Å². The minimum atomic E-state index is -0.557. The monoisotopic (exact) mass is 347 g/mol. The second-order valence-electron chi connectivity index (χ2n) is 5.81. The first kappa shape index (κ1) is 16.0. The molecule has 5 nitrogen and oxygen atoms in total. The smallest absolute Gasteiger partial charge is 0.258 e. The number of aromatic nitrogens is 2. The van der Waals surface area contributed by atoms with E-state index in [2.05, 4.69) is 15.3 Å². The Labute approximate surface area is 148 Å². The molecule has 0 saturated carbocycles. The third-order valence-electron chi connectivity index (χ3n) is 4.00. The zero-order valence-corrected chi connectivity index (χ0v) is 13.9. The molecule has 4 rings (SSSR count). The van der Waals surface area contributed by atoms with Crippen molar-refractivity contribution in [2.24, 2.45) is 0 Å². The molecule has 0 radical (unpaired) electrons. The first-order valence-corrected chi connectivity index (χ1v) is 8.00. The van der Waals surface area contributed by atoms with E-state index in [0.717, 1.165) is 11.1 Å². The normalized spacial score (nSPS) is 10.8. The molecule has 0 aliphatic heterocycles. The fourth-order valence-corrected chi connectivity index (χ4v) is 2.66. The zero-order chi connectivity index (χ0) is 18.1. The number of aryl methyl sites for hydroxylation is 1. The lowest BCUT2D eigenvalue weighted by Gasteiger charge is -2.10. The molecule has 6 heteroatoms. The summed E-state index contributed by atoms with van der Waals surface area (Å²) in [4.78, 5) is 20.8. The van der Waals surface area contributed by atoms with Crippen molar-refractivity contribution in [3.8, 4) is 11.5 Å². The molecule has 0 aliphatic rings. The Morgan fingerprint density at radius 3 is 2.73 bits per heavy atom. The van der Waals surface area contributed by atoms with Crippen molar-refractivity contribution in [1.29, 1.82) is 0 Å². The van der Waals surface area contributed by atoms with Crippen LogP contribution in [0.1, 0.15) is 15.9 Å². The zero-order valence-electron chi connectivity index (χ0n) is 13.9. The standard InChI is InChI=1S/C20H14FN3O2/c1-12-11-13(20-24-18-17(26-20)7-4-10-22-18)8-9-16(12)23-19(25)14-5-2-3-6-15(14)21/h2-11H,1H3,(H,23,25). The third-order valence-corrected chi connectivity index (χ3v) is 4.00. The lowest BCUT2D eigenvalue weighted by molar-refractivity contribution is 0.102. The van der Waals surface area contributed by atoms with Crippen LogP contribution in [0, 0.1) is 12.7 Å². The van der Waals surface area contributed by atoms with Gasteiger partial charge >= 0.3 is 0 Å². The first-order valence-electron chi connectivity index (χ1n) is 8.00. The summed E-state index contributed by atoms with van der Waals surface area (Å²) in [5.41, 5.74) is 3.32. The lowest BCUT2D eigenvalue weighted by Crippen LogP contribution is -2.14. The molecule has 4 aromatic rings. The first-order chi connectivity index (χ1) is 12.6. The van der Waals surface area contributed by atoms with E-state index in [1.165, 1.54) is 12.1 Å². The van der Waals surface area contributed by atoms with Gasteiger partial charge in [0.2, 0.25) is 5.89 Å². The van der Waals surface area contributed by atoms with Crippen molar-refractivity contribution in [2.75, 3.05) is 5.32 Å². The van der Waals surface area contributed by atoms with Crippen LogP contribution in [0.2, 0.25) is 0 Å². The van der Waals surface area contributed by atoms with Gasteiger partial charge in [0.25, 0.3) is 5.91 Å². The third kappa shape index (κ3) is 2.93. The molecular formula is C20H14FN3O2. The van der Waals surface area contributed by atoms with E-state index >= 15 is 0 Å². The predicted molar refractivity (Wildman–Crippen MR) is 96.3 cm³/mol. The van der Waals surface area contributed by atoms with Crippen molar-refractivity contribution < 1.29 is 13.6 Å². The number of hydrogen-bond donors (Lipinski definition) is 1. The van der Waals surface area contributed by atoms with Gasteiger partial charge in [-0.3, -0.25) is 4.79 Å². The molecule has 2 heterocycles. The molecule has 1 amide bonds. The summed E-state index contributed by atoms with van der Waals surface area (Å²) in [5, 5.41) is 2.73. The van der Waals surface area contributed by atoms with Gasteiger partial charge in [-0.15, -0.1) is 0 Å². The average Bonchev–Trinajstić information content (AvgIpc) is 3.08. The minimum Gasteiger partial charge on any atom is -0.434 e. The number of fused-ring (bicyclic) bond motifs is 1. The molecule has 26 heavy (non-hydrogen) atoms. The number of hydrogen-bond acceptors (Lipinski definition) is 4. The van der Waals surface area contributed by atoms with Crippen LogP contribution in [0.3, 0.4) is 0 Å². The average molecular weight is 347 g/mol. The van der Waals surface area contributed by atoms with Crippen molar-refractivity contribution in [3.63, 3.8) is 0 Å². The summed E-state index contributed by atoms with van der Waals surface area (Å²) in [5.74, 6) is -0.600. The van der Waals surface area contributed by atoms with E-state index in [1.807, 2.05) is 13.0 Å². The summed E-state index contributed by atoms with van der Waals surface area (Å²) < 4.78 is 19.4. The number of rotatable bonds is 3. The summed E-state index contributed by atoms with van der Waals surface area (Å²) in [6.45, 7) is 1.85. The van der Waals surface area contributed by atoms with E-state index in [4.69, 9.17) is 4.42 Å². The van der Waals surface area contributed by atoms with Crippen LogP contribution in [-0.2, 0) is 0 Å². The highest BCUT2D eigenvalue weighted by Crippen LogP contribution is 2.27. The van der Waals surface area contributed by atoms with Crippen molar-refractivity contribution in [2.45, 2.75) is 6.92 Å². The number of nitrogens with one attached hydrogen (secondary N) is 1. The van der Waals surface area contributed by atoms with Crippen LogP contribution < -0.4 is 5.32 Å². The number of halogens is 1. The number of anilines is 1. The number of carbonyl (C=O) groups excluding carboxylic acids is 1. The van der Waals surface area contributed by atoms with Gasteiger partial charge in [-0.25, -0.2) is 9.37 Å². The lowest BCUT2D eigenvalue weighted by atomic mass is 10.1. The Balaban J connectivity index is 1.62. The van der Waals surface area contributed by atoms with Crippen LogP contribution in [0.4, 0.5) is 10.1 Å². The van der Waals surface area contributed by atoms with Gasteiger partial charge in [0.15, 0.2) is 11.2 Å². The Hall–Kier alpha value is -3.54. The Morgan fingerprint density at radius 1 is 1.12 bits per heavy atom. The van der Waals surface area contributed by atoms with Gasteiger partial charge in [0.05, 0.1) is 5.56 Å². The maximum atomic E-state index is 13.7. The Bertz CT molecular complexity index is 1090. The van der Waals surface area contributed by atoms with Crippen molar-refractivity contribution >= 4 is 22.8 Å². The number of carbonyl (C=O) groups is 1. The highest BCUT2D eigenvalue weighted by atomic mass is 19.1. The number of oxazole rings is 1. The van der Waals surface area contributed by atoms with Gasteiger partial charge in [0, 0.05) is 17.4 Å². The molecule has 2 aromatic heterocycles. The van der Waals surface area contributed by atoms with Gasteiger partial charge in [0.1, 0.15) is 5.82 Å². The summed E-state index contributed by atoms with van der Waals surface area (Å²) in [7, 11) is 0. The number of nitrogens with zero attached hydrogens (tertiary/aromatic N) is 2. The fourth-order valence-electron chi connectivity index (χ4n) is 2.66. The fraction of sp³-hybridized carbons (Fsp3) is 0.0500. The van der Waals surface area contributed by atoms with Crippen LogP contribution >= 0.6 is 0 Å². The summed E-state index contributed by atoms with van der Waals surface area (Å²) in [6.07, 6.45) is 1.65. The maximum absolute atomic E-state index is 13.7. The van der Waals surface area contributed by atoms with Crippen molar-refractivity contribution in [3.05, 3.63) is 77.7 Å². The maximum Gasteiger partial charge on any atom is 0.258 e. The summed E-state index contributed by atoms with van der Waals surface area (Å²) >= 11 is 0.